The quantitative estimate of drug-likeness (QED) is 0.860. The molecule has 1 saturated heterocycles. The smallest absolute Gasteiger partial charge is 0.223 e. The average Bonchev–Trinajstić information content (AvgIpc) is 2.70. The number of amides is 1. The molecule has 5 nitrogen and oxygen atoms in total. The molecule has 0 aromatic heterocycles. The normalized spacial score (nSPS) is 20.8. The number of morpholine rings is 1. The molecular weight excluding hydrogens is 316 g/mol. The SMILES string of the molecule is COc1ccc([C@H](CNC(=O)C2CCCCC2)N2CCOCC2)cc1. The summed E-state index contributed by atoms with van der Waals surface area (Å²) in [7, 11) is 1.68. The average molecular weight is 346 g/mol. The van der Waals surface area contributed by atoms with E-state index in [1.165, 1.54) is 24.8 Å². The minimum atomic E-state index is 0.183. The molecule has 1 heterocycles. The lowest BCUT2D eigenvalue weighted by Crippen LogP contribution is -2.44. The Morgan fingerprint density at radius 3 is 2.52 bits per heavy atom. The number of hydrogen-bond acceptors (Lipinski definition) is 4. The third kappa shape index (κ3) is 4.95. The molecule has 1 aliphatic heterocycles. The summed E-state index contributed by atoms with van der Waals surface area (Å²) >= 11 is 0. The zero-order chi connectivity index (χ0) is 17.5. The summed E-state index contributed by atoms with van der Waals surface area (Å²) in [6, 6.07) is 8.37. The van der Waals surface area contributed by atoms with Gasteiger partial charge in [-0.2, -0.15) is 0 Å². The lowest BCUT2D eigenvalue weighted by molar-refractivity contribution is -0.126. The third-order valence-electron chi connectivity index (χ3n) is 5.43. The molecule has 1 N–H and O–H groups in total. The summed E-state index contributed by atoms with van der Waals surface area (Å²) in [4.78, 5) is 15.0. The lowest BCUT2D eigenvalue weighted by Gasteiger charge is -2.35. The molecule has 25 heavy (non-hydrogen) atoms. The van der Waals surface area contributed by atoms with E-state index in [1.807, 2.05) is 12.1 Å². The van der Waals surface area contributed by atoms with Gasteiger partial charge in [-0.3, -0.25) is 9.69 Å². The van der Waals surface area contributed by atoms with Gasteiger partial charge < -0.3 is 14.8 Å². The molecule has 2 aliphatic rings. The highest BCUT2D eigenvalue weighted by molar-refractivity contribution is 5.78. The maximum atomic E-state index is 12.5. The molecule has 0 unspecified atom stereocenters. The van der Waals surface area contributed by atoms with Crippen LogP contribution in [0, 0.1) is 5.92 Å². The van der Waals surface area contributed by atoms with Crippen molar-refractivity contribution in [3.63, 3.8) is 0 Å². The molecule has 1 aliphatic carbocycles. The van der Waals surface area contributed by atoms with E-state index >= 15 is 0 Å². The first-order valence-corrected chi connectivity index (χ1v) is 9.51. The summed E-state index contributed by atoms with van der Waals surface area (Å²) in [5.74, 6) is 1.29. The number of carbonyl (C=O) groups excluding carboxylic acids is 1. The van der Waals surface area contributed by atoms with Crippen molar-refractivity contribution in [3.8, 4) is 5.75 Å². The standard InChI is InChI=1S/C20H30N2O3/c1-24-18-9-7-16(8-10-18)19(22-11-13-25-14-12-22)15-21-20(23)17-5-3-2-4-6-17/h7-10,17,19H,2-6,11-15H2,1H3,(H,21,23)/t19-/m0/s1. The topological polar surface area (TPSA) is 50.8 Å². The van der Waals surface area contributed by atoms with Crippen LogP contribution in [0.15, 0.2) is 24.3 Å². The van der Waals surface area contributed by atoms with E-state index in [2.05, 4.69) is 22.3 Å². The van der Waals surface area contributed by atoms with Crippen molar-refractivity contribution in [3.05, 3.63) is 29.8 Å². The van der Waals surface area contributed by atoms with Gasteiger partial charge in [-0.25, -0.2) is 0 Å². The largest absolute Gasteiger partial charge is 0.497 e. The van der Waals surface area contributed by atoms with Crippen LogP contribution in [0.3, 0.4) is 0 Å². The van der Waals surface area contributed by atoms with Crippen molar-refractivity contribution < 1.29 is 14.3 Å². The van der Waals surface area contributed by atoms with Crippen molar-refractivity contribution in [1.82, 2.24) is 10.2 Å². The van der Waals surface area contributed by atoms with Crippen molar-refractivity contribution in [2.75, 3.05) is 40.0 Å². The Morgan fingerprint density at radius 1 is 1.20 bits per heavy atom. The maximum Gasteiger partial charge on any atom is 0.223 e. The monoisotopic (exact) mass is 346 g/mol. The van der Waals surface area contributed by atoms with Crippen molar-refractivity contribution in [2.24, 2.45) is 5.92 Å². The molecule has 138 valence electrons. The van der Waals surface area contributed by atoms with Gasteiger partial charge in [-0.05, 0) is 30.5 Å². The van der Waals surface area contributed by atoms with Crippen LogP contribution in [0.4, 0.5) is 0 Å². The van der Waals surface area contributed by atoms with Crippen LogP contribution >= 0.6 is 0 Å². The highest BCUT2D eigenvalue weighted by Gasteiger charge is 2.26. The molecule has 1 amide bonds. The zero-order valence-corrected chi connectivity index (χ0v) is 15.2. The number of ether oxygens (including phenoxy) is 2. The number of benzene rings is 1. The van der Waals surface area contributed by atoms with Crippen LogP contribution < -0.4 is 10.1 Å². The summed E-state index contributed by atoms with van der Waals surface area (Å²) in [5.41, 5.74) is 1.21. The fourth-order valence-corrected chi connectivity index (χ4v) is 3.88. The highest BCUT2D eigenvalue weighted by Crippen LogP contribution is 2.26. The first-order valence-electron chi connectivity index (χ1n) is 9.51. The first kappa shape index (κ1) is 18.2. The van der Waals surface area contributed by atoms with Crippen molar-refractivity contribution >= 4 is 5.91 Å². The number of hydrogen-bond donors (Lipinski definition) is 1. The van der Waals surface area contributed by atoms with Crippen molar-refractivity contribution in [1.29, 1.82) is 0 Å². The first-order chi connectivity index (χ1) is 12.3. The van der Waals surface area contributed by atoms with Gasteiger partial charge in [-0.15, -0.1) is 0 Å². The second-order valence-electron chi connectivity index (χ2n) is 7.02. The van der Waals surface area contributed by atoms with Gasteiger partial charge in [0, 0.05) is 25.6 Å². The second kappa shape index (κ2) is 9.20. The predicted octanol–water partition coefficient (Wildman–Crippen LogP) is 2.77. The van der Waals surface area contributed by atoms with Gasteiger partial charge >= 0.3 is 0 Å². The van der Waals surface area contributed by atoms with Gasteiger partial charge in [0.1, 0.15) is 5.75 Å². The number of nitrogens with one attached hydrogen (secondary N) is 1. The Labute approximate surface area is 150 Å². The molecule has 3 rings (SSSR count). The fourth-order valence-electron chi connectivity index (χ4n) is 3.88. The molecule has 1 aromatic carbocycles. The molecule has 1 aromatic rings. The Kier molecular flexibility index (Phi) is 6.70. The van der Waals surface area contributed by atoms with Gasteiger partial charge in [0.15, 0.2) is 0 Å². The van der Waals surface area contributed by atoms with Gasteiger partial charge in [0.25, 0.3) is 0 Å². The third-order valence-corrected chi connectivity index (χ3v) is 5.43. The maximum absolute atomic E-state index is 12.5. The molecule has 0 radical (unpaired) electrons. The van der Waals surface area contributed by atoms with E-state index < -0.39 is 0 Å². The summed E-state index contributed by atoms with van der Waals surface area (Å²) in [6.45, 7) is 3.96. The minimum absolute atomic E-state index is 0.183. The molecule has 0 bridgehead atoms. The number of rotatable bonds is 6. The van der Waals surface area contributed by atoms with Gasteiger partial charge in [0.2, 0.25) is 5.91 Å². The highest BCUT2D eigenvalue weighted by atomic mass is 16.5. The van der Waals surface area contributed by atoms with E-state index in [-0.39, 0.29) is 17.9 Å². The van der Waals surface area contributed by atoms with E-state index in [9.17, 15) is 4.79 Å². The molecule has 2 fully saturated rings. The predicted molar refractivity (Wildman–Crippen MR) is 97.7 cm³/mol. The van der Waals surface area contributed by atoms with E-state index in [0.717, 1.165) is 44.9 Å². The molecule has 1 saturated carbocycles. The van der Waals surface area contributed by atoms with Crippen LogP contribution in [0.5, 0.6) is 5.75 Å². The van der Waals surface area contributed by atoms with E-state index in [1.54, 1.807) is 7.11 Å². The van der Waals surface area contributed by atoms with Crippen LogP contribution in [-0.4, -0.2) is 50.8 Å². The van der Waals surface area contributed by atoms with Gasteiger partial charge in [-0.1, -0.05) is 31.4 Å². The Hall–Kier alpha value is -1.59. The number of methoxy groups -OCH3 is 1. The van der Waals surface area contributed by atoms with Gasteiger partial charge in [0.05, 0.1) is 26.4 Å². The molecule has 0 spiro atoms. The number of nitrogens with zero attached hydrogens (tertiary/aromatic N) is 1. The molecular formula is C20H30N2O3. The number of carbonyl (C=O) groups is 1. The zero-order valence-electron chi connectivity index (χ0n) is 15.2. The Bertz CT molecular complexity index is 534. The molecule has 1 atom stereocenters. The van der Waals surface area contributed by atoms with Crippen LogP contribution in [0.2, 0.25) is 0 Å². The van der Waals surface area contributed by atoms with Crippen molar-refractivity contribution in [2.45, 2.75) is 38.1 Å². The fraction of sp³-hybridized carbons (Fsp3) is 0.650. The lowest BCUT2D eigenvalue weighted by atomic mass is 9.88. The van der Waals surface area contributed by atoms with E-state index in [0.29, 0.717) is 6.54 Å². The van der Waals surface area contributed by atoms with Crippen LogP contribution in [0.1, 0.15) is 43.7 Å². The Morgan fingerprint density at radius 2 is 1.88 bits per heavy atom. The minimum Gasteiger partial charge on any atom is -0.497 e. The Balaban J connectivity index is 1.65. The van der Waals surface area contributed by atoms with Crippen LogP contribution in [-0.2, 0) is 9.53 Å². The molecule has 5 heteroatoms. The summed E-state index contributed by atoms with van der Waals surface area (Å²) in [6.07, 6.45) is 5.71. The summed E-state index contributed by atoms with van der Waals surface area (Å²) < 4.78 is 10.8. The van der Waals surface area contributed by atoms with E-state index in [4.69, 9.17) is 9.47 Å². The van der Waals surface area contributed by atoms with Crippen LogP contribution in [0.25, 0.3) is 0 Å². The second-order valence-corrected chi connectivity index (χ2v) is 7.02. The summed E-state index contributed by atoms with van der Waals surface area (Å²) in [5, 5.41) is 3.22.